The number of sulfonamides is 1. The quantitative estimate of drug-likeness (QED) is 0.438. The van der Waals surface area contributed by atoms with Gasteiger partial charge in [0, 0.05) is 47.8 Å². The van der Waals surface area contributed by atoms with E-state index in [0.29, 0.717) is 17.2 Å². The van der Waals surface area contributed by atoms with E-state index in [0.717, 1.165) is 35.7 Å². The summed E-state index contributed by atoms with van der Waals surface area (Å²) in [5, 5.41) is 3.99. The Hall–Kier alpha value is -3.72. The zero-order valence-electron chi connectivity index (χ0n) is 18.2. The normalized spacial score (nSPS) is 13.9. The molecule has 0 aliphatic carbocycles. The van der Waals surface area contributed by atoms with Gasteiger partial charge in [0.25, 0.3) is 10.0 Å². The van der Waals surface area contributed by atoms with Crippen LogP contribution in [0.1, 0.15) is 18.5 Å². The average Bonchev–Trinajstić information content (AvgIpc) is 3.35. The van der Waals surface area contributed by atoms with Crippen LogP contribution in [-0.2, 0) is 10.0 Å². The fraction of sp³-hybridized carbons (Fsp3) is 0.208. The highest BCUT2D eigenvalue weighted by Gasteiger charge is 2.18. The van der Waals surface area contributed by atoms with Crippen LogP contribution in [0.4, 0.5) is 23.1 Å². The fourth-order valence-corrected chi connectivity index (χ4v) is 5.21. The molecule has 2 aromatic heterocycles. The lowest BCUT2D eigenvalue weighted by molar-refractivity contribution is 0.602. The standard InChI is InChI=1S/C24H24N6O2S/c1-17-16-22(30-14-2-3-15-30)28-24(26-17)27-19-9-11-20(12-10-19)29-33(31,32)21-8-4-6-18-7-5-13-25-23(18)21/h4-13,16,29H,2-3,14-15H2,1H3,(H,26,27,28). The summed E-state index contributed by atoms with van der Waals surface area (Å²) in [4.78, 5) is 15.8. The Morgan fingerprint density at radius 3 is 2.42 bits per heavy atom. The van der Waals surface area contributed by atoms with Gasteiger partial charge in [0.05, 0.1) is 5.52 Å². The predicted molar refractivity (Wildman–Crippen MR) is 130 cm³/mol. The van der Waals surface area contributed by atoms with Crippen molar-refractivity contribution in [3.63, 3.8) is 0 Å². The molecular formula is C24H24N6O2S. The van der Waals surface area contributed by atoms with Gasteiger partial charge in [0.2, 0.25) is 5.95 Å². The second kappa shape index (κ2) is 8.67. The van der Waals surface area contributed by atoms with Gasteiger partial charge in [-0.1, -0.05) is 18.2 Å². The van der Waals surface area contributed by atoms with Crippen LogP contribution in [0, 0.1) is 6.92 Å². The molecule has 33 heavy (non-hydrogen) atoms. The van der Waals surface area contributed by atoms with E-state index < -0.39 is 10.0 Å². The number of aromatic nitrogens is 3. The summed E-state index contributed by atoms with van der Waals surface area (Å²) < 4.78 is 28.6. The van der Waals surface area contributed by atoms with Crippen LogP contribution in [0.2, 0.25) is 0 Å². The maximum atomic E-state index is 13.0. The maximum Gasteiger partial charge on any atom is 0.264 e. The molecule has 168 valence electrons. The topological polar surface area (TPSA) is 100 Å². The summed E-state index contributed by atoms with van der Waals surface area (Å²) in [5.74, 6) is 1.45. The molecule has 8 nitrogen and oxygen atoms in total. The first-order valence-electron chi connectivity index (χ1n) is 10.8. The second-order valence-corrected chi connectivity index (χ2v) is 9.68. The van der Waals surface area contributed by atoms with E-state index in [1.807, 2.05) is 25.1 Å². The van der Waals surface area contributed by atoms with Crippen molar-refractivity contribution < 1.29 is 8.42 Å². The van der Waals surface area contributed by atoms with Crippen molar-refractivity contribution in [3.05, 3.63) is 72.6 Å². The SMILES string of the molecule is Cc1cc(N2CCCC2)nc(Nc2ccc(NS(=O)(=O)c3cccc4cccnc34)cc2)n1. The third-order valence-corrected chi connectivity index (χ3v) is 6.96. The third-order valence-electron chi connectivity index (χ3n) is 5.55. The van der Waals surface area contributed by atoms with Crippen molar-refractivity contribution in [3.8, 4) is 0 Å². The molecule has 0 atom stereocenters. The molecule has 2 N–H and O–H groups in total. The molecule has 0 unspecified atom stereocenters. The van der Waals surface area contributed by atoms with Crippen molar-refractivity contribution in [2.75, 3.05) is 28.0 Å². The highest BCUT2D eigenvalue weighted by atomic mass is 32.2. The first-order valence-corrected chi connectivity index (χ1v) is 12.3. The van der Waals surface area contributed by atoms with E-state index in [9.17, 15) is 8.42 Å². The lowest BCUT2D eigenvalue weighted by Gasteiger charge is -2.17. The molecule has 0 bridgehead atoms. The first kappa shape index (κ1) is 21.1. The van der Waals surface area contributed by atoms with Crippen molar-refractivity contribution in [1.29, 1.82) is 0 Å². The fourth-order valence-electron chi connectivity index (χ4n) is 3.97. The predicted octanol–water partition coefficient (Wildman–Crippen LogP) is 4.48. The van der Waals surface area contributed by atoms with Crippen LogP contribution >= 0.6 is 0 Å². The number of hydrogen-bond acceptors (Lipinski definition) is 7. The minimum absolute atomic E-state index is 0.144. The zero-order chi connectivity index (χ0) is 22.8. The lowest BCUT2D eigenvalue weighted by atomic mass is 10.2. The number of fused-ring (bicyclic) bond motifs is 1. The number of nitrogens with zero attached hydrogens (tertiary/aromatic N) is 4. The molecule has 1 aliphatic heterocycles. The summed E-state index contributed by atoms with van der Waals surface area (Å²) in [6.07, 6.45) is 3.94. The Bertz CT molecular complexity index is 1400. The molecule has 0 saturated carbocycles. The average molecular weight is 461 g/mol. The van der Waals surface area contributed by atoms with Crippen LogP contribution in [-0.4, -0.2) is 36.5 Å². The molecule has 1 saturated heterocycles. The molecule has 0 radical (unpaired) electrons. The van der Waals surface area contributed by atoms with E-state index in [1.165, 1.54) is 12.8 Å². The minimum Gasteiger partial charge on any atom is -0.356 e. The number of hydrogen-bond donors (Lipinski definition) is 2. The van der Waals surface area contributed by atoms with Crippen LogP contribution in [0.5, 0.6) is 0 Å². The van der Waals surface area contributed by atoms with Crippen molar-refractivity contribution >= 4 is 44.1 Å². The Morgan fingerprint density at radius 1 is 0.909 bits per heavy atom. The van der Waals surface area contributed by atoms with Gasteiger partial charge in [-0.15, -0.1) is 0 Å². The van der Waals surface area contributed by atoms with Gasteiger partial charge in [0.15, 0.2) is 0 Å². The van der Waals surface area contributed by atoms with E-state index in [4.69, 9.17) is 0 Å². The number of rotatable bonds is 6. The molecule has 9 heteroatoms. The summed E-state index contributed by atoms with van der Waals surface area (Å²) >= 11 is 0. The van der Waals surface area contributed by atoms with Crippen molar-refractivity contribution in [2.45, 2.75) is 24.7 Å². The Kier molecular flexibility index (Phi) is 5.55. The van der Waals surface area contributed by atoms with Crippen LogP contribution in [0.25, 0.3) is 10.9 Å². The maximum absolute atomic E-state index is 13.0. The lowest BCUT2D eigenvalue weighted by Crippen LogP contribution is -2.19. The number of para-hydroxylation sites is 1. The third kappa shape index (κ3) is 4.58. The van der Waals surface area contributed by atoms with Crippen molar-refractivity contribution in [1.82, 2.24) is 15.0 Å². The molecule has 1 fully saturated rings. The molecule has 5 rings (SSSR count). The van der Waals surface area contributed by atoms with Gasteiger partial charge in [-0.3, -0.25) is 9.71 Å². The van der Waals surface area contributed by atoms with E-state index in [1.54, 1.807) is 48.7 Å². The van der Waals surface area contributed by atoms with E-state index >= 15 is 0 Å². The zero-order valence-corrected chi connectivity index (χ0v) is 19.0. The van der Waals surface area contributed by atoms with E-state index in [-0.39, 0.29) is 4.90 Å². The molecule has 0 spiro atoms. The Labute approximate surface area is 192 Å². The highest BCUT2D eigenvalue weighted by molar-refractivity contribution is 7.93. The number of nitrogens with one attached hydrogen (secondary N) is 2. The van der Waals surface area contributed by atoms with Gasteiger partial charge in [-0.25, -0.2) is 13.4 Å². The van der Waals surface area contributed by atoms with Crippen LogP contribution in [0.15, 0.2) is 71.8 Å². The Balaban J connectivity index is 1.34. The van der Waals surface area contributed by atoms with Gasteiger partial charge in [-0.2, -0.15) is 4.98 Å². The molecule has 2 aromatic carbocycles. The number of pyridine rings is 1. The summed E-state index contributed by atoms with van der Waals surface area (Å²) in [5.41, 5.74) is 2.55. The molecule has 4 aromatic rings. The second-order valence-electron chi connectivity index (χ2n) is 8.02. The van der Waals surface area contributed by atoms with Gasteiger partial charge in [-0.05, 0) is 56.2 Å². The summed E-state index contributed by atoms with van der Waals surface area (Å²) in [7, 11) is -3.80. The van der Waals surface area contributed by atoms with Gasteiger partial charge < -0.3 is 10.2 Å². The largest absolute Gasteiger partial charge is 0.356 e. The number of benzene rings is 2. The van der Waals surface area contributed by atoms with Crippen molar-refractivity contribution in [2.24, 2.45) is 0 Å². The molecule has 0 amide bonds. The van der Waals surface area contributed by atoms with E-state index in [2.05, 4.69) is 29.9 Å². The molecule has 3 heterocycles. The van der Waals surface area contributed by atoms with Gasteiger partial charge >= 0.3 is 0 Å². The minimum atomic E-state index is -3.80. The van der Waals surface area contributed by atoms with Crippen LogP contribution in [0.3, 0.4) is 0 Å². The van der Waals surface area contributed by atoms with Gasteiger partial charge in [0.1, 0.15) is 10.7 Å². The smallest absolute Gasteiger partial charge is 0.264 e. The number of aryl methyl sites for hydroxylation is 1. The number of anilines is 4. The molecular weight excluding hydrogens is 436 g/mol. The monoisotopic (exact) mass is 460 g/mol. The summed E-state index contributed by atoms with van der Waals surface area (Å²) in [6, 6.07) is 17.7. The van der Waals surface area contributed by atoms with Crippen LogP contribution < -0.4 is 14.9 Å². The Morgan fingerprint density at radius 2 is 1.64 bits per heavy atom. The summed E-state index contributed by atoms with van der Waals surface area (Å²) in [6.45, 7) is 3.97. The first-order chi connectivity index (χ1) is 16.0. The highest BCUT2D eigenvalue weighted by Crippen LogP contribution is 2.25. The molecule has 1 aliphatic rings.